The van der Waals surface area contributed by atoms with E-state index in [1.165, 1.54) is 12.3 Å². The fourth-order valence-electron chi connectivity index (χ4n) is 1.78. The molecule has 10 heteroatoms. The summed E-state index contributed by atoms with van der Waals surface area (Å²) in [4.78, 5) is 0. The van der Waals surface area contributed by atoms with Gasteiger partial charge in [0.15, 0.2) is 5.69 Å². The molecule has 0 aliphatic carbocycles. The van der Waals surface area contributed by atoms with Crippen LogP contribution in [-0.4, -0.2) is 9.78 Å². The summed E-state index contributed by atoms with van der Waals surface area (Å²) >= 11 is 18.1. The molecular weight excluding hydrogens is 486 g/mol. The van der Waals surface area contributed by atoms with Gasteiger partial charge in [-0.25, -0.2) is 4.68 Å². The first-order chi connectivity index (χ1) is 10.6. The van der Waals surface area contributed by atoms with Crippen molar-refractivity contribution in [2.75, 3.05) is 0 Å². The molecule has 0 radical (unpaired) electrons. The SMILES string of the molecule is N#Cc1nn(-c2c(Cl)ccc(C(F)(F)F)c2Cl)cc1C=C(Br)Br. The van der Waals surface area contributed by atoms with Gasteiger partial charge < -0.3 is 0 Å². The number of hydrogen-bond donors (Lipinski definition) is 0. The highest BCUT2D eigenvalue weighted by Crippen LogP contribution is 2.40. The van der Waals surface area contributed by atoms with E-state index >= 15 is 0 Å². The number of hydrogen-bond acceptors (Lipinski definition) is 2. The maximum atomic E-state index is 13.0. The summed E-state index contributed by atoms with van der Waals surface area (Å²) in [6, 6.07) is 3.72. The Balaban J connectivity index is 2.71. The quantitative estimate of drug-likeness (QED) is 0.507. The monoisotopic (exact) mass is 487 g/mol. The molecule has 0 fully saturated rings. The summed E-state index contributed by atoms with van der Waals surface area (Å²) in [5, 5.41) is 12.4. The van der Waals surface area contributed by atoms with E-state index in [-0.39, 0.29) is 16.4 Å². The Morgan fingerprint density at radius 1 is 1.30 bits per heavy atom. The second-order valence-electron chi connectivity index (χ2n) is 4.18. The average molecular weight is 490 g/mol. The Labute approximate surface area is 155 Å². The van der Waals surface area contributed by atoms with Crippen molar-refractivity contribution in [3.05, 3.63) is 48.6 Å². The van der Waals surface area contributed by atoms with Crippen LogP contribution in [0.2, 0.25) is 10.0 Å². The molecule has 0 aliphatic rings. The molecule has 0 unspecified atom stereocenters. The molecule has 1 aromatic heterocycles. The van der Waals surface area contributed by atoms with E-state index in [1.54, 1.807) is 0 Å². The van der Waals surface area contributed by atoms with Crippen molar-refractivity contribution in [2.45, 2.75) is 6.18 Å². The van der Waals surface area contributed by atoms with Gasteiger partial charge in [0, 0.05) is 11.8 Å². The van der Waals surface area contributed by atoms with E-state index in [0.29, 0.717) is 8.96 Å². The highest BCUT2D eigenvalue weighted by molar-refractivity contribution is 9.28. The molecule has 0 aliphatic heterocycles. The third-order valence-electron chi connectivity index (χ3n) is 2.71. The Hall–Kier alpha value is -1.01. The van der Waals surface area contributed by atoms with E-state index in [0.717, 1.165) is 16.8 Å². The molecule has 2 rings (SSSR count). The number of nitrogens with zero attached hydrogens (tertiary/aromatic N) is 3. The van der Waals surface area contributed by atoms with Crippen LogP contribution in [0.1, 0.15) is 16.8 Å². The summed E-state index contributed by atoms with van der Waals surface area (Å²) in [5.74, 6) is 0. The number of alkyl halides is 3. The lowest BCUT2D eigenvalue weighted by Crippen LogP contribution is -2.09. The molecule has 0 spiro atoms. The van der Waals surface area contributed by atoms with Gasteiger partial charge in [-0.15, -0.1) is 0 Å². The minimum Gasteiger partial charge on any atom is -0.236 e. The van der Waals surface area contributed by atoms with Crippen LogP contribution in [0.25, 0.3) is 11.8 Å². The summed E-state index contributed by atoms with van der Waals surface area (Å²) in [6.45, 7) is 0. The second-order valence-corrected chi connectivity index (χ2v) is 7.74. The number of rotatable bonds is 2. The van der Waals surface area contributed by atoms with Gasteiger partial charge in [-0.05, 0) is 50.1 Å². The van der Waals surface area contributed by atoms with E-state index in [1.807, 2.05) is 6.07 Å². The fraction of sp³-hybridized carbons (Fsp3) is 0.0769. The Morgan fingerprint density at radius 2 is 1.96 bits per heavy atom. The topological polar surface area (TPSA) is 41.6 Å². The number of benzene rings is 1. The molecule has 3 nitrogen and oxygen atoms in total. The van der Waals surface area contributed by atoms with Crippen LogP contribution in [0.15, 0.2) is 21.7 Å². The Kier molecular flexibility index (Phi) is 5.46. The zero-order chi connectivity index (χ0) is 17.4. The number of aromatic nitrogens is 2. The number of nitriles is 1. The molecule has 0 bridgehead atoms. The molecule has 120 valence electrons. The second kappa shape index (κ2) is 6.85. The molecule has 23 heavy (non-hydrogen) atoms. The van der Waals surface area contributed by atoms with E-state index in [4.69, 9.17) is 28.5 Å². The maximum absolute atomic E-state index is 13.0. The molecule has 0 atom stereocenters. The van der Waals surface area contributed by atoms with Gasteiger partial charge in [-0.2, -0.15) is 23.5 Å². The van der Waals surface area contributed by atoms with Gasteiger partial charge in [0.25, 0.3) is 0 Å². The molecular formula is C13H4Br2Cl2F3N3. The van der Waals surface area contributed by atoms with Crippen molar-refractivity contribution in [3.8, 4) is 11.8 Å². The van der Waals surface area contributed by atoms with E-state index in [2.05, 4.69) is 37.0 Å². The van der Waals surface area contributed by atoms with Crippen molar-refractivity contribution in [1.82, 2.24) is 9.78 Å². The Morgan fingerprint density at radius 3 is 2.48 bits per heavy atom. The molecule has 1 aromatic carbocycles. The van der Waals surface area contributed by atoms with Crippen LogP contribution in [0.4, 0.5) is 13.2 Å². The molecule has 0 N–H and O–H groups in total. The van der Waals surface area contributed by atoms with Crippen LogP contribution in [0.5, 0.6) is 0 Å². The first-order valence-corrected chi connectivity index (χ1v) is 8.07. The standard InChI is InChI=1S/C13H4Br2Cl2F3N3/c14-10(15)3-6-5-23(22-9(6)4-21)12-8(16)2-1-7(11(12)17)13(18,19)20/h1-3,5H. The Bertz CT molecular complexity index is 834. The van der Waals surface area contributed by atoms with Crippen molar-refractivity contribution in [2.24, 2.45) is 0 Å². The lowest BCUT2D eigenvalue weighted by Gasteiger charge is -2.13. The first-order valence-electron chi connectivity index (χ1n) is 5.73. The van der Waals surface area contributed by atoms with Crippen molar-refractivity contribution >= 4 is 61.1 Å². The lowest BCUT2D eigenvalue weighted by molar-refractivity contribution is -0.137. The van der Waals surface area contributed by atoms with Gasteiger partial charge in [-0.1, -0.05) is 23.2 Å². The predicted molar refractivity (Wildman–Crippen MR) is 89.1 cm³/mol. The molecule has 1 heterocycles. The zero-order valence-corrected chi connectivity index (χ0v) is 15.5. The van der Waals surface area contributed by atoms with Gasteiger partial charge in [0.05, 0.1) is 19.0 Å². The third-order valence-corrected chi connectivity index (χ3v) is 3.86. The highest BCUT2D eigenvalue weighted by Gasteiger charge is 2.35. The molecule has 0 amide bonds. The van der Waals surface area contributed by atoms with Gasteiger partial charge in [0.1, 0.15) is 11.8 Å². The van der Waals surface area contributed by atoms with Crippen LogP contribution in [0, 0.1) is 11.3 Å². The normalized spacial score (nSPS) is 11.2. The molecule has 0 saturated heterocycles. The molecule has 2 aromatic rings. The maximum Gasteiger partial charge on any atom is 0.417 e. The van der Waals surface area contributed by atoms with Gasteiger partial charge in [-0.3, -0.25) is 0 Å². The largest absolute Gasteiger partial charge is 0.417 e. The fourth-order valence-corrected chi connectivity index (χ4v) is 2.93. The number of halogens is 7. The van der Waals surface area contributed by atoms with Gasteiger partial charge >= 0.3 is 6.18 Å². The van der Waals surface area contributed by atoms with Crippen LogP contribution < -0.4 is 0 Å². The van der Waals surface area contributed by atoms with Crippen molar-refractivity contribution in [1.29, 1.82) is 5.26 Å². The first kappa shape index (κ1) is 18.3. The minimum atomic E-state index is -4.64. The smallest absolute Gasteiger partial charge is 0.236 e. The lowest BCUT2D eigenvalue weighted by atomic mass is 10.2. The summed E-state index contributed by atoms with van der Waals surface area (Å²) in [7, 11) is 0. The summed E-state index contributed by atoms with van der Waals surface area (Å²) in [6.07, 6.45) is -1.75. The van der Waals surface area contributed by atoms with Crippen molar-refractivity contribution < 1.29 is 13.2 Å². The van der Waals surface area contributed by atoms with Crippen LogP contribution in [-0.2, 0) is 6.18 Å². The van der Waals surface area contributed by atoms with Crippen LogP contribution >= 0.6 is 55.1 Å². The minimum absolute atomic E-state index is 0.00550. The molecule has 0 saturated carbocycles. The predicted octanol–water partition coefficient (Wildman–Crippen LogP) is 6.16. The summed E-state index contributed by atoms with van der Waals surface area (Å²) < 4.78 is 40.5. The third kappa shape index (κ3) is 3.91. The van der Waals surface area contributed by atoms with Crippen LogP contribution in [0.3, 0.4) is 0 Å². The zero-order valence-electron chi connectivity index (χ0n) is 10.8. The van der Waals surface area contributed by atoms with E-state index < -0.39 is 16.8 Å². The van der Waals surface area contributed by atoms with Crippen molar-refractivity contribution in [3.63, 3.8) is 0 Å². The highest BCUT2D eigenvalue weighted by atomic mass is 79.9. The van der Waals surface area contributed by atoms with Gasteiger partial charge in [0.2, 0.25) is 0 Å². The van der Waals surface area contributed by atoms with E-state index in [9.17, 15) is 13.2 Å². The average Bonchev–Trinajstić information content (AvgIpc) is 2.79. The summed E-state index contributed by atoms with van der Waals surface area (Å²) in [5.41, 5.74) is -0.803.